The van der Waals surface area contributed by atoms with Gasteiger partial charge in [-0.05, 0) is 6.07 Å². The van der Waals surface area contributed by atoms with E-state index in [9.17, 15) is 8.78 Å². The fraction of sp³-hybridized carbons (Fsp3) is 0.500. The number of hydrogen-bond donors (Lipinski definition) is 1. The molecule has 2 rings (SSSR count). The first-order valence-electron chi connectivity index (χ1n) is 3.28. The maximum Gasteiger partial charge on any atom is 0.272 e. The normalized spacial score (nSPS) is 26.9. The highest BCUT2D eigenvalue weighted by molar-refractivity contribution is 5.25. The van der Waals surface area contributed by atoms with Crippen LogP contribution in [0, 0.1) is 0 Å². The second kappa shape index (κ2) is 1.72. The second-order valence-electron chi connectivity index (χ2n) is 2.70. The Morgan fingerprint density at radius 1 is 1.73 bits per heavy atom. The van der Waals surface area contributed by atoms with Crippen LogP contribution < -0.4 is 5.73 Å². The van der Waals surface area contributed by atoms with Crippen LogP contribution in [-0.2, 0) is 0 Å². The van der Waals surface area contributed by atoms with E-state index in [4.69, 9.17) is 5.73 Å². The predicted molar refractivity (Wildman–Crippen MR) is 35.2 cm³/mol. The van der Waals surface area contributed by atoms with E-state index in [2.05, 4.69) is 5.10 Å². The summed E-state index contributed by atoms with van der Waals surface area (Å²) in [4.78, 5) is 0. The molecule has 1 fully saturated rings. The molecule has 1 aliphatic carbocycles. The van der Waals surface area contributed by atoms with Crippen LogP contribution in [0.15, 0.2) is 12.3 Å². The van der Waals surface area contributed by atoms with Crippen molar-refractivity contribution in [2.75, 3.05) is 5.73 Å². The zero-order valence-electron chi connectivity index (χ0n) is 5.67. The van der Waals surface area contributed by atoms with Gasteiger partial charge in [-0.3, -0.25) is 4.68 Å². The minimum Gasteiger partial charge on any atom is -0.382 e. The van der Waals surface area contributed by atoms with Gasteiger partial charge in [0.1, 0.15) is 11.9 Å². The van der Waals surface area contributed by atoms with Gasteiger partial charge in [-0.25, -0.2) is 8.78 Å². The molecule has 60 valence electrons. The SMILES string of the molecule is Nc1ccn(C2CC2(F)F)n1. The summed E-state index contributed by atoms with van der Waals surface area (Å²) < 4.78 is 26.0. The zero-order valence-corrected chi connectivity index (χ0v) is 5.67. The molecule has 1 aromatic rings. The number of rotatable bonds is 1. The number of aromatic nitrogens is 2. The Kier molecular flexibility index (Phi) is 1.03. The molecule has 1 unspecified atom stereocenters. The Labute approximate surface area is 61.8 Å². The maximum absolute atomic E-state index is 12.4. The largest absolute Gasteiger partial charge is 0.382 e. The van der Waals surface area contributed by atoms with Crippen LogP contribution in [0.25, 0.3) is 0 Å². The van der Waals surface area contributed by atoms with Crippen molar-refractivity contribution in [3.63, 3.8) is 0 Å². The van der Waals surface area contributed by atoms with Crippen LogP contribution >= 0.6 is 0 Å². The molecule has 3 nitrogen and oxygen atoms in total. The Balaban J connectivity index is 2.20. The highest BCUT2D eigenvalue weighted by Gasteiger charge is 2.59. The molecule has 0 spiro atoms. The van der Waals surface area contributed by atoms with Crippen molar-refractivity contribution in [1.29, 1.82) is 0 Å². The zero-order chi connectivity index (χ0) is 8.06. The van der Waals surface area contributed by atoms with Gasteiger partial charge in [0.05, 0.1) is 0 Å². The van der Waals surface area contributed by atoms with E-state index in [0.29, 0.717) is 0 Å². The first-order chi connectivity index (χ1) is 5.09. The van der Waals surface area contributed by atoms with Gasteiger partial charge >= 0.3 is 0 Å². The highest BCUT2D eigenvalue weighted by Crippen LogP contribution is 2.52. The van der Waals surface area contributed by atoms with Crippen LogP contribution in [0.3, 0.4) is 0 Å². The molecule has 0 radical (unpaired) electrons. The fourth-order valence-electron chi connectivity index (χ4n) is 1.01. The fourth-order valence-corrected chi connectivity index (χ4v) is 1.01. The summed E-state index contributed by atoms with van der Waals surface area (Å²) in [5.41, 5.74) is 5.26. The molecule has 0 aromatic carbocycles. The third-order valence-electron chi connectivity index (χ3n) is 1.74. The molecule has 2 N–H and O–H groups in total. The van der Waals surface area contributed by atoms with Crippen molar-refractivity contribution in [1.82, 2.24) is 9.78 Å². The van der Waals surface area contributed by atoms with E-state index in [1.807, 2.05) is 0 Å². The first-order valence-corrected chi connectivity index (χ1v) is 3.28. The lowest BCUT2D eigenvalue weighted by Crippen LogP contribution is -2.03. The molecule has 0 amide bonds. The molecule has 1 atom stereocenters. The van der Waals surface area contributed by atoms with Gasteiger partial charge in [0.25, 0.3) is 5.92 Å². The summed E-state index contributed by atoms with van der Waals surface area (Å²) in [5.74, 6) is -2.29. The van der Waals surface area contributed by atoms with Crippen LogP contribution in [0.2, 0.25) is 0 Å². The van der Waals surface area contributed by atoms with Crippen LogP contribution in [0.4, 0.5) is 14.6 Å². The van der Waals surface area contributed by atoms with E-state index in [1.165, 1.54) is 16.9 Å². The van der Waals surface area contributed by atoms with Crippen molar-refractivity contribution < 1.29 is 8.78 Å². The topological polar surface area (TPSA) is 43.8 Å². The maximum atomic E-state index is 12.4. The summed E-state index contributed by atoms with van der Waals surface area (Å²) >= 11 is 0. The average molecular weight is 159 g/mol. The third-order valence-corrected chi connectivity index (χ3v) is 1.74. The van der Waals surface area contributed by atoms with Gasteiger partial charge in [0.2, 0.25) is 0 Å². The van der Waals surface area contributed by atoms with Gasteiger partial charge in [0, 0.05) is 12.6 Å². The van der Waals surface area contributed by atoms with Gasteiger partial charge in [-0.15, -0.1) is 0 Å². The molecule has 1 heterocycles. The van der Waals surface area contributed by atoms with Crippen molar-refractivity contribution in [3.05, 3.63) is 12.3 Å². The molecule has 1 aliphatic rings. The number of nitrogens with two attached hydrogens (primary N) is 1. The van der Waals surface area contributed by atoms with Crippen LogP contribution in [0.5, 0.6) is 0 Å². The molecule has 1 saturated carbocycles. The van der Waals surface area contributed by atoms with E-state index >= 15 is 0 Å². The number of anilines is 1. The minimum absolute atomic E-state index is 0.117. The summed E-state index contributed by atoms with van der Waals surface area (Å²) in [6.07, 6.45) is 1.36. The first kappa shape index (κ1) is 6.57. The minimum atomic E-state index is -2.57. The Morgan fingerprint density at radius 2 is 2.36 bits per heavy atom. The summed E-state index contributed by atoms with van der Waals surface area (Å²) in [6, 6.07) is 0.744. The summed E-state index contributed by atoms with van der Waals surface area (Å²) in [6.45, 7) is 0. The highest BCUT2D eigenvalue weighted by atomic mass is 19.3. The van der Waals surface area contributed by atoms with Gasteiger partial charge in [-0.2, -0.15) is 5.10 Å². The van der Waals surface area contributed by atoms with Gasteiger partial charge < -0.3 is 5.73 Å². The standard InChI is InChI=1S/C6H7F2N3/c7-6(8)3-4(6)11-2-1-5(9)10-11/h1-2,4H,3H2,(H2,9,10). The van der Waals surface area contributed by atoms with E-state index < -0.39 is 12.0 Å². The van der Waals surface area contributed by atoms with Gasteiger partial charge in [-0.1, -0.05) is 0 Å². The van der Waals surface area contributed by atoms with Crippen molar-refractivity contribution in [3.8, 4) is 0 Å². The van der Waals surface area contributed by atoms with Crippen molar-refractivity contribution >= 4 is 5.82 Å². The third kappa shape index (κ3) is 0.961. The number of halogens is 2. The molecule has 0 bridgehead atoms. The lowest BCUT2D eigenvalue weighted by molar-refractivity contribution is 0.0984. The van der Waals surface area contributed by atoms with Crippen molar-refractivity contribution in [2.45, 2.75) is 18.4 Å². The molecule has 1 aromatic heterocycles. The van der Waals surface area contributed by atoms with Crippen LogP contribution in [0.1, 0.15) is 12.5 Å². The molecule has 11 heavy (non-hydrogen) atoms. The summed E-state index contributed by atoms with van der Waals surface area (Å²) in [7, 11) is 0. The van der Waals surface area contributed by atoms with E-state index in [1.54, 1.807) is 0 Å². The second-order valence-corrected chi connectivity index (χ2v) is 2.70. The Bertz CT molecular complexity index is 281. The van der Waals surface area contributed by atoms with Crippen molar-refractivity contribution in [2.24, 2.45) is 0 Å². The van der Waals surface area contributed by atoms with E-state index in [-0.39, 0.29) is 12.2 Å². The predicted octanol–water partition coefficient (Wildman–Crippen LogP) is 1.05. The molecule has 5 heteroatoms. The smallest absolute Gasteiger partial charge is 0.272 e. The lowest BCUT2D eigenvalue weighted by Gasteiger charge is -1.96. The van der Waals surface area contributed by atoms with Gasteiger partial charge in [0.15, 0.2) is 0 Å². The summed E-state index contributed by atoms with van der Waals surface area (Å²) in [5, 5.41) is 3.68. The van der Waals surface area contributed by atoms with E-state index in [0.717, 1.165) is 0 Å². The molecular formula is C6H7F2N3. The number of nitrogen functional groups attached to an aromatic ring is 1. The quantitative estimate of drug-likeness (QED) is 0.665. The number of alkyl halides is 2. The number of nitrogens with zero attached hydrogens (tertiary/aromatic N) is 2. The lowest BCUT2D eigenvalue weighted by atomic mass is 10.6. The Morgan fingerprint density at radius 3 is 2.73 bits per heavy atom. The average Bonchev–Trinajstić information content (AvgIpc) is 2.39. The molecular weight excluding hydrogens is 152 g/mol. The van der Waals surface area contributed by atoms with Crippen LogP contribution in [-0.4, -0.2) is 15.7 Å². The molecule has 0 aliphatic heterocycles. The Hall–Kier alpha value is -1.13. The number of hydrogen-bond acceptors (Lipinski definition) is 2. The molecule has 0 saturated heterocycles. The monoisotopic (exact) mass is 159 g/mol.